The Labute approximate surface area is 113 Å². The van der Waals surface area contributed by atoms with E-state index in [1.54, 1.807) is 0 Å². The Morgan fingerprint density at radius 1 is 1.24 bits per heavy atom. The minimum Gasteiger partial charge on any atom is -0.326 e. The zero-order valence-electron chi connectivity index (χ0n) is 9.35. The molecular weight excluding hydrogens is 298 g/mol. The topological polar surface area (TPSA) is 51.8 Å². The van der Waals surface area contributed by atoms with Crippen LogP contribution in [0.2, 0.25) is 0 Å². The van der Waals surface area contributed by atoms with E-state index in [0.717, 1.165) is 25.7 Å². The number of nitrogens with two attached hydrogens (primary N) is 1. The van der Waals surface area contributed by atoms with Crippen LogP contribution in [0.1, 0.15) is 11.1 Å². The fourth-order valence-corrected chi connectivity index (χ4v) is 2.85. The normalized spacial score (nSPS) is 10.5. The molecule has 0 bridgehead atoms. The van der Waals surface area contributed by atoms with Crippen LogP contribution in [0.5, 0.6) is 0 Å². The first kappa shape index (κ1) is 12.5. The fraction of sp³-hybridized carbons (Fsp3) is 0.167. The summed E-state index contributed by atoms with van der Waals surface area (Å²) in [6.45, 7) is 2.50. The quantitative estimate of drug-likeness (QED) is 0.885. The SMILES string of the molecule is Cc1cnc(Sc2cc(Br)cc(CN)c2)nc1. The lowest BCUT2D eigenvalue weighted by Crippen LogP contribution is -1.96. The first-order chi connectivity index (χ1) is 8.17. The van der Waals surface area contributed by atoms with Crippen LogP contribution in [0, 0.1) is 6.92 Å². The fourth-order valence-electron chi connectivity index (χ4n) is 1.34. The van der Waals surface area contributed by atoms with Gasteiger partial charge in [-0.1, -0.05) is 15.9 Å². The van der Waals surface area contributed by atoms with Crippen molar-refractivity contribution in [2.24, 2.45) is 5.73 Å². The van der Waals surface area contributed by atoms with Gasteiger partial charge in [0.1, 0.15) is 0 Å². The van der Waals surface area contributed by atoms with Gasteiger partial charge in [0.15, 0.2) is 5.16 Å². The van der Waals surface area contributed by atoms with E-state index in [4.69, 9.17) is 5.73 Å². The summed E-state index contributed by atoms with van der Waals surface area (Å²) in [5.41, 5.74) is 7.79. The minimum absolute atomic E-state index is 0.530. The van der Waals surface area contributed by atoms with Gasteiger partial charge >= 0.3 is 0 Å². The van der Waals surface area contributed by atoms with Gasteiger partial charge < -0.3 is 5.73 Å². The van der Waals surface area contributed by atoms with Gasteiger partial charge in [-0.05, 0) is 48.0 Å². The molecule has 3 nitrogen and oxygen atoms in total. The molecule has 1 heterocycles. The monoisotopic (exact) mass is 309 g/mol. The van der Waals surface area contributed by atoms with Gasteiger partial charge in [0.05, 0.1) is 0 Å². The molecule has 1 aromatic carbocycles. The molecule has 0 atom stereocenters. The van der Waals surface area contributed by atoms with Crippen molar-refractivity contribution in [3.63, 3.8) is 0 Å². The molecule has 5 heteroatoms. The number of rotatable bonds is 3. The predicted octanol–water partition coefficient (Wildman–Crippen LogP) is 3.16. The van der Waals surface area contributed by atoms with E-state index in [9.17, 15) is 0 Å². The highest BCUT2D eigenvalue weighted by atomic mass is 79.9. The Hall–Kier alpha value is -0.910. The van der Waals surface area contributed by atoms with Gasteiger partial charge in [-0.25, -0.2) is 9.97 Å². The third-order valence-corrected chi connectivity index (χ3v) is 3.46. The maximum Gasteiger partial charge on any atom is 0.192 e. The first-order valence-corrected chi connectivity index (χ1v) is 6.74. The maximum atomic E-state index is 5.64. The second-order valence-corrected chi connectivity index (χ2v) is 5.60. The zero-order chi connectivity index (χ0) is 12.3. The van der Waals surface area contributed by atoms with Crippen molar-refractivity contribution in [1.29, 1.82) is 0 Å². The molecule has 1 aromatic heterocycles. The summed E-state index contributed by atoms with van der Waals surface area (Å²) in [5.74, 6) is 0. The molecule has 17 heavy (non-hydrogen) atoms. The van der Waals surface area contributed by atoms with Crippen LogP contribution in [-0.2, 0) is 6.54 Å². The maximum absolute atomic E-state index is 5.64. The molecule has 0 saturated heterocycles. The molecule has 0 aliphatic carbocycles. The number of hydrogen-bond donors (Lipinski definition) is 1. The Kier molecular flexibility index (Phi) is 4.15. The average molecular weight is 310 g/mol. The molecule has 2 rings (SSSR count). The van der Waals surface area contributed by atoms with Gasteiger partial charge in [0.2, 0.25) is 0 Å². The highest BCUT2D eigenvalue weighted by Gasteiger charge is 2.03. The summed E-state index contributed by atoms with van der Waals surface area (Å²) in [6, 6.07) is 6.10. The largest absolute Gasteiger partial charge is 0.326 e. The highest BCUT2D eigenvalue weighted by molar-refractivity contribution is 9.10. The molecule has 88 valence electrons. The molecule has 0 saturated carbocycles. The van der Waals surface area contributed by atoms with E-state index in [0.29, 0.717) is 6.54 Å². The van der Waals surface area contributed by atoms with Crippen molar-refractivity contribution in [3.8, 4) is 0 Å². The second-order valence-electron chi connectivity index (χ2n) is 3.64. The predicted molar refractivity (Wildman–Crippen MR) is 72.9 cm³/mol. The number of aryl methyl sites for hydroxylation is 1. The van der Waals surface area contributed by atoms with Crippen LogP contribution in [0.15, 0.2) is 45.1 Å². The van der Waals surface area contributed by atoms with E-state index in [1.165, 1.54) is 11.8 Å². The van der Waals surface area contributed by atoms with Crippen molar-refractivity contribution in [2.75, 3.05) is 0 Å². The van der Waals surface area contributed by atoms with Crippen molar-refractivity contribution in [2.45, 2.75) is 23.5 Å². The summed E-state index contributed by atoms with van der Waals surface area (Å²) in [5, 5.41) is 0.747. The molecule has 0 aliphatic heterocycles. The van der Waals surface area contributed by atoms with E-state index in [-0.39, 0.29) is 0 Å². The summed E-state index contributed by atoms with van der Waals surface area (Å²) in [7, 11) is 0. The molecule has 0 aliphatic rings. The van der Waals surface area contributed by atoms with Gasteiger partial charge in [-0.3, -0.25) is 0 Å². The lowest BCUT2D eigenvalue weighted by Gasteiger charge is -2.04. The number of hydrogen-bond acceptors (Lipinski definition) is 4. The van der Waals surface area contributed by atoms with Crippen LogP contribution in [0.25, 0.3) is 0 Å². The zero-order valence-corrected chi connectivity index (χ0v) is 11.8. The van der Waals surface area contributed by atoms with Crippen LogP contribution < -0.4 is 5.73 Å². The number of halogens is 1. The number of benzene rings is 1. The van der Waals surface area contributed by atoms with E-state index in [2.05, 4.69) is 32.0 Å². The lowest BCUT2D eigenvalue weighted by atomic mass is 10.2. The number of aromatic nitrogens is 2. The second kappa shape index (κ2) is 5.62. The van der Waals surface area contributed by atoms with Crippen LogP contribution in [0.3, 0.4) is 0 Å². The molecule has 0 unspecified atom stereocenters. The smallest absolute Gasteiger partial charge is 0.192 e. The summed E-state index contributed by atoms with van der Waals surface area (Å²) in [4.78, 5) is 9.61. The van der Waals surface area contributed by atoms with Crippen LogP contribution >= 0.6 is 27.7 Å². The summed E-state index contributed by atoms with van der Waals surface area (Å²) < 4.78 is 1.02. The Morgan fingerprint density at radius 3 is 2.59 bits per heavy atom. The van der Waals surface area contributed by atoms with Crippen molar-refractivity contribution in [3.05, 3.63) is 46.2 Å². The van der Waals surface area contributed by atoms with Gasteiger partial charge in [-0.2, -0.15) is 0 Å². The van der Waals surface area contributed by atoms with E-state index < -0.39 is 0 Å². The minimum atomic E-state index is 0.530. The van der Waals surface area contributed by atoms with E-state index in [1.807, 2.05) is 31.5 Å². The Morgan fingerprint density at radius 2 is 1.94 bits per heavy atom. The molecule has 2 aromatic rings. The van der Waals surface area contributed by atoms with Gasteiger partial charge in [0.25, 0.3) is 0 Å². The molecule has 0 amide bonds. The highest BCUT2D eigenvalue weighted by Crippen LogP contribution is 2.28. The van der Waals surface area contributed by atoms with Crippen LogP contribution in [-0.4, -0.2) is 9.97 Å². The van der Waals surface area contributed by atoms with Crippen molar-refractivity contribution in [1.82, 2.24) is 9.97 Å². The molecule has 0 fully saturated rings. The molecule has 2 N–H and O–H groups in total. The average Bonchev–Trinajstić information content (AvgIpc) is 2.31. The number of nitrogens with zero attached hydrogens (tertiary/aromatic N) is 2. The van der Waals surface area contributed by atoms with Gasteiger partial charge in [0, 0.05) is 28.3 Å². The lowest BCUT2D eigenvalue weighted by molar-refractivity contribution is 0.949. The summed E-state index contributed by atoms with van der Waals surface area (Å²) in [6.07, 6.45) is 3.63. The van der Waals surface area contributed by atoms with Crippen molar-refractivity contribution < 1.29 is 0 Å². The third-order valence-electron chi connectivity index (χ3n) is 2.13. The molecule has 0 radical (unpaired) electrons. The Bertz CT molecular complexity index is 514. The van der Waals surface area contributed by atoms with Crippen molar-refractivity contribution >= 4 is 27.7 Å². The molecule has 0 spiro atoms. The Balaban J connectivity index is 2.23. The first-order valence-electron chi connectivity index (χ1n) is 5.13. The van der Waals surface area contributed by atoms with Gasteiger partial charge in [-0.15, -0.1) is 0 Å². The third kappa shape index (κ3) is 3.52. The van der Waals surface area contributed by atoms with E-state index >= 15 is 0 Å². The van der Waals surface area contributed by atoms with Crippen LogP contribution in [0.4, 0.5) is 0 Å². The molecular formula is C12H12BrN3S. The standard InChI is InChI=1S/C12H12BrN3S/c1-8-6-15-12(16-7-8)17-11-3-9(5-14)2-10(13)4-11/h2-4,6-7H,5,14H2,1H3. The summed E-state index contributed by atoms with van der Waals surface area (Å²) >= 11 is 5.00.